The molecule has 4 heterocycles. The molecule has 3 aromatic heterocycles. The normalized spacial score (nSPS) is 13.2. The molecule has 6 aromatic rings. The topological polar surface area (TPSA) is 49.8 Å². The summed E-state index contributed by atoms with van der Waals surface area (Å²) in [5, 5.41) is 0. The van der Waals surface area contributed by atoms with Crippen molar-refractivity contribution in [3.63, 3.8) is 0 Å². The molecule has 7 rings (SSSR count). The first kappa shape index (κ1) is 29.8. The molecule has 0 fully saturated rings. The number of alkyl halides is 6. The van der Waals surface area contributed by atoms with E-state index in [-0.39, 0.29) is 33.3 Å². The van der Waals surface area contributed by atoms with Crippen LogP contribution >= 0.6 is 70.1 Å². The Morgan fingerprint density at radius 3 is 1.43 bits per heavy atom. The fourth-order valence-corrected chi connectivity index (χ4v) is 9.29. The van der Waals surface area contributed by atoms with E-state index in [2.05, 4.69) is 18.2 Å². The molecule has 0 radical (unpaired) electrons. The highest BCUT2D eigenvalue weighted by atomic mass is 32.2. The van der Waals surface area contributed by atoms with Crippen LogP contribution in [-0.2, 0) is 0 Å². The number of fused-ring (bicyclic) bond motifs is 2. The highest BCUT2D eigenvalue weighted by Crippen LogP contribution is 2.54. The highest BCUT2D eigenvalue weighted by molar-refractivity contribution is 8.02. The van der Waals surface area contributed by atoms with Crippen LogP contribution in [0.3, 0.4) is 0 Å². The van der Waals surface area contributed by atoms with Crippen LogP contribution in [0.15, 0.2) is 82.6 Å². The summed E-state index contributed by atoms with van der Waals surface area (Å²) in [5.74, 6) is 0. The lowest BCUT2D eigenvalue weighted by Crippen LogP contribution is -1.98. The molecule has 0 amide bonds. The molecule has 0 unspecified atom stereocenters. The minimum absolute atomic E-state index is 0.115. The van der Waals surface area contributed by atoms with E-state index in [1.165, 1.54) is 59.1 Å². The summed E-state index contributed by atoms with van der Waals surface area (Å²) in [5.41, 5.74) is -2.77. The number of halogens is 6. The third-order valence-electron chi connectivity index (χ3n) is 6.43. The quantitative estimate of drug-likeness (QED) is 0.101. The monoisotopic (exact) mass is 712 g/mol. The molecule has 0 atom stereocenters. The number of hydrogen-bond donors (Lipinski definition) is 2. The number of thioether (sulfide) groups is 2. The maximum absolute atomic E-state index is 13.0. The van der Waals surface area contributed by atoms with Crippen molar-refractivity contribution in [3.05, 3.63) is 72.8 Å². The summed E-state index contributed by atoms with van der Waals surface area (Å²) in [7, 11) is 0. The van der Waals surface area contributed by atoms with Crippen LogP contribution in [0.4, 0.5) is 37.7 Å². The zero-order valence-electron chi connectivity index (χ0n) is 21.5. The van der Waals surface area contributed by atoms with Crippen LogP contribution in [0.5, 0.6) is 0 Å². The zero-order chi connectivity index (χ0) is 30.6. The van der Waals surface area contributed by atoms with Gasteiger partial charge in [0.25, 0.3) is 0 Å². The number of anilines is 2. The van der Waals surface area contributed by atoms with Gasteiger partial charge in [0.05, 0.1) is 35.2 Å². The van der Waals surface area contributed by atoms with Gasteiger partial charge >= 0.3 is 11.0 Å². The Morgan fingerprint density at radius 1 is 0.568 bits per heavy atom. The number of nitrogens with one attached hydrogen (secondary N) is 2. The van der Waals surface area contributed by atoms with Crippen LogP contribution < -0.4 is 9.44 Å². The lowest BCUT2D eigenvalue weighted by Gasteiger charge is -2.11. The molecule has 1 aliphatic rings. The summed E-state index contributed by atoms with van der Waals surface area (Å²) >= 11 is 4.97. The fraction of sp³-hybridized carbons (Fsp3) is 0.0714. The van der Waals surface area contributed by atoms with Crippen molar-refractivity contribution in [1.29, 1.82) is 0 Å². The molecule has 0 spiro atoms. The van der Waals surface area contributed by atoms with Crippen LogP contribution in [0.1, 0.15) is 0 Å². The van der Waals surface area contributed by atoms with Gasteiger partial charge in [0.2, 0.25) is 0 Å². The van der Waals surface area contributed by atoms with Gasteiger partial charge in [-0.3, -0.25) is 0 Å². The van der Waals surface area contributed by atoms with E-state index < -0.39 is 11.0 Å². The molecule has 0 aliphatic carbocycles. The van der Waals surface area contributed by atoms with Gasteiger partial charge < -0.3 is 9.44 Å². The summed E-state index contributed by atoms with van der Waals surface area (Å²) in [6.45, 7) is 0. The Kier molecular flexibility index (Phi) is 7.77. The Morgan fingerprint density at radius 2 is 1.00 bits per heavy atom. The van der Waals surface area contributed by atoms with E-state index in [9.17, 15) is 26.3 Å². The predicted molar refractivity (Wildman–Crippen MR) is 174 cm³/mol. The summed E-state index contributed by atoms with van der Waals surface area (Å²) in [6.07, 6.45) is 0. The molecule has 16 heteroatoms. The van der Waals surface area contributed by atoms with Crippen LogP contribution in [-0.4, -0.2) is 19.8 Å². The smallest absolute Gasteiger partial charge is 0.309 e. The lowest BCUT2D eigenvalue weighted by atomic mass is 10.0. The Balaban J connectivity index is 1.28. The van der Waals surface area contributed by atoms with Crippen molar-refractivity contribution in [2.24, 2.45) is 0 Å². The minimum atomic E-state index is -4.37. The molecule has 1 aliphatic heterocycles. The molecular weight excluding hydrogens is 699 g/mol. The highest BCUT2D eigenvalue weighted by Gasteiger charge is 2.31. The molecule has 4 nitrogen and oxygen atoms in total. The second-order valence-electron chi connectivity index (χ2n) is 9.25. The first-order valence-electron chi connectivity index (χ1n) is 12.5. The number of aromatic nitrogens is 2. The van der Waals surface area contributed by atoms with Gasteiger partial charge in [-0.05, 0) is 83.2 Å². The molecule has 0 saturated heterocycles. The van der Waals surface area contributed by atoms with Crippen LogP contribution in [0.2, 0.25) is 0 Å². The molecule has 0 saturated carbocycles. The maximum atomic E-state index is 13.0. The maximum Gasteiger partial charge on any atom is 0.446 e. The minimum Gasteiger partial charge on any atom is -0.309 e. The standard InChI is InChI=1S/C28H14F6N4S6/c29-27(30,31)41-15-5-1-3-13(11-15)17-7-9-19(39-17)21-23-25(37-43-35-23)22(26-24(21)36-44-38-26)20-10-8-18(40-20)14-4-2-6-16(12-14)42-28(32,33)34/h1-12,35,37H. The van der Waals surface area contributed by atoms with Gasteiger partial charge in [-0.2, -0.15) is 35.1 Å². The number of nitrogens with zero attached hydrogens (tertiary/aromatic N) is 2. The van der Waals surface area contributed by atoms with E-state index in [1.54, 1.807) is 24.3 Å². The molecule has 44 heavy (non-hydrogen) atoms. The average molecular weight is 713 g/mol. The SMILES string of the molecule is FC(F)(F)Sc1cccc(-c2ccc(-c3c4c(c(-c5ccc(-c6cccc(SC(F)(F)F)c6)s5)c5nsnc35)NSN4)s2)c1. The van der Waals surface area contributed by atoms with Crippen molar-refractivity contribution in [2.75, 3.05) is 9.44 Å². The second-order valence-corrected chi connectivity index (χ2v) is 14.8. The number of hydrogen-bond acceptors (Lipinski definition) is 10. The Bertz CT molecular complexity index is 1870. The molecule has 0 bridgehead atoms. The second kappa shape index (κ2) is 11.5. The lowest BCUT2D eigenvalue weighted by molar-refractivity contribution is -0.0337. The van der Waals surface area contributed by atoms with E-state index in [1.807, 2.05) is 24.3 Å². The third-order valence-corrected chi connectivity index (χ3v) is 11.3. The molecular formula is C28H14F6N4S6. The average Bonchev–Trinajstić information content (AvgIpc) is 3.77. The summed E-state index contributed by atoms with van der Waals surface area (Å²) < 4.78 is 93.7. The van der Waals surface area contributed by atoms with E-state index in [0.717, 1.165) is 53.7 Å². The van der Waals surface area contributed by atoms with E-state index in [4.69, 9.17) is 0 Å². The van der Waals surface area contributed by atoms with Crippen LogP contribution in [0.25, 0.3) is 52.8 Å². The van der Waals surface area contributed by atoms with Gasteiger partial charge in [-0.1, -0.05) is 24.3 Å². The van der Waals surface area contributed by atoms with Crippen molar-refractivity contribution in [3.8, 4) is 41.8 Å². The van der Waals surface area contributed by atoms with Gasteiger partial charge in [-0.25, -0.2) is 0 Å². The van der Waals surface area contributed by atoms with Crippen molar-refractivity contribution in [2.45, 2.75) is 20.8 Å². The Hall–Kier alpha value is -2.89. The van der Waals surface area contributed by atoms with Crippen molar-refractivity contribution in [1.82, 2.24) is 8.75 Å². The largest absolute Gasteiger partial charge is 0.446 e. The number of rotatable bonds is 6. The first-order valence-corrected chi connectivity index (χ1v) is 17.3. The first-order chi connectivity index (χ1) is 21.0. The van der Waals surface area contributed by atoms with E-state index >= 15 is 0 Å². The van der Waals surface area contributed by atoms with Gasteiger partial charge in [0, 0.05) is 40.4 Å². The molecule has 2 N–H and O–H groups in total. The molecule has 3 aromatic carbocycles. The van der Waals surface area contributed by atoms with E-state index in [0.29, 0.717) is 22.2 Å². The number of thiophene rings is 2. The molecule has 224 valence electrons. The summed E-state index contributed by atoms with van der Waals surface area (Å²) in [6, 6.07) is 20.4. The van der Waals surface area contributed by atoms with Crippen LogP contribution in [0, 0.1) is 0 Å². The Labute approximate surface area is 270 Å². The zero-order valence-corrected chi connectivity index (χ0v) is 26.4. The number of benzene rings is 3. The fourth-order valence-electron chi connectivity index (χ4n) is 4.76. The predicted octanol–water partition coefficient (Wildman–Crippen LogP) is 12.1. The van der Waals surface area contributed by atoms with Gasteiger partial charge in [-0.15, -0.1) is 22.7 Å². The third kappa shape index (κ3) is 6.02. The summed E-state index contributed by atoms with van der Waals surface area (Å²) in [4.78, 5) is 3.60. The van der Waals surface area contributed by atoms with Crippen molar-refractivity contribution < 1.29 is 26.3 Å². The van der Waals surface area contributed by atoms with Gasteiger partial charge in [0.1, 0.15) is 11.0 Å². The van der Waals surface area contributed by atoms with Crippen molar-refractivity contribution >= 4 is 92.5 Å². The van der Waals surface area contributed by atoms with Gasteiger partial charge in [0.15, 0.2) is 0 Å².